The van der Waals surface area contributed by atoms with Gasteiger partial charge in [0.05, 0.1) is 40.1 Å². The predicted octanol–water partition coefficient (Wildman–Crippen LogP) is 11.2. The highest BCUT2D eigenvalue weighted by molar-refractivity contribution is 7.45. The molecule has 3 unspecified atom stereocenters. The average molecular weight is 806 g/mol. The van der Waals surface area contributed by atoms with Crippen LogP contribution in [0.15, 0.2) is 85.3 Å². The Kier molecular flexibility index (Phi) is 36.3. The Balaban J connectivity index is 4.49. The summed E-state index contributed by atoms with van der Waals surface area (Å²) in [6.07, 6.45) is 47.5. The van der Waals surface area contributed by atoms with Crippen LogP contribution in [-0.2, 0) is 27.9 Å². The second-order valence-electron chi connectivity index (χ2n) is 15.2. The van der Waals surface area contributed by atoms with E-state index < -0.39 is 26.0 Å². The highest BCUT2D eigenvalue weighted by Crippen LogP contribution is 2.38. The molecule has 0 aliphatic heterocycles. The maximum atomic E-state index is 12.6. The van der Waals surface area contributed by atoms with Gasteiger partial charge in [0.2, 0.25) is 0 Å². The van der Waals surface area contributed by atoms with Crippen LogP contribution in [0.25, 0.3) is 0 Å². The van der Waals surface area contributed by atoms with Gasteiger partial charge >= 0.3 is 5.97 Å². The van der Waals surface area contributed by atoms with Gasteiger partial charge in [-0.3, -0.25) is 9.36 Å². The number of unbranched alkanes of at least 4 members (excludes halogenated alkanes) is 12. The van der Waals surface area contributed by atoms with Crippen molar-refractivity contribution in [3.8, 4) is 0 Å². The molecule has 0 bridgehead atoms. The van der Waals surface area contributed by atoms with Gasteiger partial charge in [0, 0.05) is 6.42 Å². The highest BCUT2D eigenvalue weighted by Gasteiger charge is 2.20. The van der Waals surface area contributed by atoms with E-state index in [1.165, 1.54) is 70.6 Å². The third kappa shape index (κ3) is 41.1. The van der Waals surface area contributed by atoms with E-state index in [4.69, 9.17) is 18.5 Å². The van der Waals surface area contributed by atoms with Gasteiger partial charge in [-0.05, 0) is 57.4 Å². The average Bonchev–Trinajstić information content (AvgIpc) is 3.14. The molecule has 322 valence electrons. The molecule has 1 N–H and O–H groups in total. The molecule has 56 heavy (non-hydrogen) atoms. The molecule has 3 atom stereocenters. The lowest BCUT2D eigenvalue weighted by Crippen LogP contribution is -2.37. The number of ether oxygens (including phenoxy) is 2. The Bertz CT molecular complexity index is 1180. The van der Waals surface area contributed by atoms with Gasteiger partial charge in [-0.2, -0.15) is 0 Å². The molecule has 0 saturated carbocycles. The zero-order chi connectivity index (χ0) is 41.4. The van der Waals surface area contributed by atoms with Gasteiger partial charge in [0.1, 0.15) is 19.8 Å². The molecule has 0 aromatic heterocycles. The second-order valence-corrected chi connectivity index (χ2v) is 16.7. The lowest BCUT2D eigenvalue weighted by atomic mass is 10.0. The van der Waals surface area contributed by atoms with Crippen LogP contribution in [0.3, 0.4) is 0 Å². The van der Waals surface area contributed by atoms with Gasteiger partial charge in [-0.15, -0.1) is 0 Å². The van der Waals surface area contributed by atoms with Crippen LogP contribution >= 0.6 is 7.82 Å². The summed E-state index contributed by atoms with van der Waals surface area (Å²) < 4.78 is 34.2. The quantitative estimate of drug-likeness (QED) is 0.0125. The van der Waals surface area contributed by atoms with Crippen molar-refractivity contribution in [1.29, 1.82) is 0 Å². The fraction of sp³-hybridized carbons (Fsp3) is 0.674. The molecule has 0 saturated heterocycles. The monoisotopic (exact) mass is 806 g/mol. The van der Waals surface area contributed by atoms with Crippen molar-refractivity contribution in [3.63, 3.8) is 0 Å². The SMILES string of the molecule is CC/C=C\CC(O)/C=C\C=C/C/C=C\C/C=C\C/C=C\CCC(=O)OC(CO/C=C\CCCCCCCCCCCCCC)COP(=O)([O-])OCC[N+](C)(C)C. The molecule has 0 amide bonds. The van der Waals surface area contributed by atoms with E-state index >= 15 is 0 Å². The number of aliphatic hydroxyl groups is 1. The smallest absolute Gasteiger partial charge is 0.306 e. The maximum absolute atomic E-state index is 12.6. The molecule has 10 heteroatoms. The minimum absolute atomic E-state index is 0.00802. The second kappa shape index (κ2) is 38.0. The third-order valence-electron chi connectivity index (χ3n) is 8.62. The number of quaternary nitrogens is 1. The number of phosphoric acid groups is 1. The molecule has 0 aromatic rings. The first-order valence-electron chi connectivity index (χ1n) is 21.5. The van der Waals surface area contributed by atoms with Crippen LogP contribution in [0.1, 0.15) is 142 Å². The van der Waals surface area contributed by atoms with Gasteiger partial charge in [0.25, 0.3) is 7.82 Å². The van der Waals surface area contributed by atoms with E-state index in [9.17, 15) is 19.4 Å². The summed E-state index contributed by atoms with van der Waals surface area (Å²) in [7, 11) is 1.24. The number of likely N-dealkylation sites (N-methyl/N-ethyl adjacent to an activating group) is 1. The molecule has 0 aliphatic rings. The molecular formula is C46H80NO8P. The van der Waals surface area contributed by atoms with Crippen LogP contribution < -0.4 is 4.89 Å². The summed E-state index contributed by atoms with van der Waals surface area (Å²) >= 11 is 0. The molecule has 0 aromatic carbocycles. The standard InChI is InChI=1S/C46H80NO8P/c1-6-8-10-11-12-13-14-15-19-22-25-28-31-35-40-52-42-45(43-54-56(50,51)53-41-39-47(3,4)5)55-46(49)38-34-30-27-24-21-18-16-17-20-23-26-29-33-37-44(48)36-32-9-7-2/h9,17-18,20-21,26-27,29-30,32-33,35,37,40,44-45,48H,6-8,10-16,19,22-25,28,31,34,36,38-39,41-43H2,1-5H3/b20-17-,21-18-,29-26-,30-27-,32-9-,37-33-,40-35-. The first-order valence-corrected chi connectivity index (χ1v) is 22.9. The van der Waals surface area contributed by atoms with E-state index in [2.05, 4.69) is 44.2 Å². The van der Waals surface area contributed by atoms with Crippen molar-refractivity contribution in [2.24, 2.45) is 0 Å². The lowest BCUT2D eigenvalue weighted by molar-refractivity contribution is -0.870. The van der Waals surface area contributed by atoms with Crippen LogP contribution in [-0.4, -0.2) is 75.3 Å². The van der Waals surface area contributed by atoms with Crippen LogP contribution in [0.5, 0.6) is 0 Å². The number of nitrogens with zero attached hydrogens (tertiary/aromatic N) is 1. The van der Waals surface area contributed by atoms with Gasteiger partial charge in [-0.25, -0.2) is 0 Å². The molecule has 0 aliphatic carbocycles. The maximum Gasteiger partial charge on any atom is 0.306 e. The summed E-state index contributed by atoms with van der Waals surface area (Å²) in [6, 6.07) is 0. The molecule has 0 fully saturated rings. The molecule has 0 rings (SSSR count). The topological polar surface area (TPSA) is 114 Å². The van der Waals surface area contributed by atoms with Gasteiger partial charge < -0.3 is 33.0 Å². The Morgan fingerprint density at radius 1 is 0.696 bits per heavy atom. The lowest BCUT2D eigenvalue weighted by Gasteiger charge is -2.28. The molecule has 0 radical (unpaired) electrons. The Labute approximate surface area is 342 Å². The van der Waals surface area contributed by atoms with Crippen LogP contribution in [0.2, 0.25) is 0 Å². The minimum Gasteiger partial charge on any atom is -0.756 e. The third-order valence-corrected chi connectivity index (χ3v) is 9.58. The van der Waals surface area contributed by atoms with Crippen molar-refractivity contribution in [3.05, 3.63) is 85.3 Å². The Hall–Kier alpha value is -2.52. The van der Waals surface area contributed by atoms with Crippen molar-refractivity contribution in [2.75, 3.05) is 47.5 Å². The van der Waals surface area contributed by atoms with Gasteiger partial charge in [0.15, 0.2) is 6.10 Å². The zero-order valence-corrected chi connectivity index (χ0v) is 36.8. The molecular weight excluding hydrogens is 725 g/mol. The van der Waals surface area contributed by atoms with E-state index in [-0.39, 0.29) is 26.2 Å². The number of hydrogen-bond acceptors (Lipinski definition) is 8. The Morgan fingerprint density at radius 3 is 1.89 bits per heavy atom. The fourth-order valence-electron chi connectivity index (χ4n) is 5.27. The van der Waals surface area contributed by atoms with E-state index in [0.29, 0.717) is 23.9 Å². The van der Waals surface area contributed by atoms with E-state index in [1.807, 2.05) is 63.7 Å². The first kappa shape index (κ1) is 53.5. The number of rotatable bonds is 38. The first-order chi connectivity index (χ1) is 27.0. The molecule has 0 heterocycles. The fourth-order valence-corrected chi connectivity index (χ4v) is 6.00. The van der Waals surface area contributed by atoms with Crippen molar-refractivity contribution >= 4 is 13.8 Å². The number of carbonyl (C=O) groups is 1. The summed E-state index contributed by atoms with van der Waals surface area (Å²) in [4.78, 5) is 25.0. The van der Waals surface area contributed by atoms with Crippen molar-refractivity contribution in [2.45, 2.75) is 154 Å². The summed E-state index contributed by atoms with van der Waals surface area (Å²) in [6.45, 7) is 4.40. The highest BCUT2D eigenvalue weighted by atomic mass is 31.2. The number of phosphoric ester groups is 1. The Morgan fingerprint density at radius 2 is 1.29 bits per heavy atom. The summed E-state index contributed by atoms with van der Waals surface area (Å²) in [5.41, 5.74) is 0. The van der Waals surface area contributed by atoms with Crippen molar-refractivity contribution < 1.29 is 42.4 Å². The summed E-state index contributed by atoms with van der Waals surface area (Å²) in [5.74, 6) is -0.454. The number of allylic oxidation sites excluding steroid dienone is 11. The minimum atomic E-state index is -4.57. The van der Waals surface area contributed by atoms with Crippen molar-refractivity contribution in [1.82, 2.24) is 0 Å². The molecule has 0 spiro atoms. The number of carbonyl (C=O) groups excluding carboxylic acids is 1. The van der Waals surface area contributed by atoms with Crippen LogP contribution in [0, 0.1) is 0 Å². The number of aliphatic hydroxyl groups excluding tert-OH is 1. The largest absolute Gasteiger partial charge is 0.756 e. The molecule has 9 nitrogen and oxygen atoms in total. The van der Waals surface area contributed by atoms with Gasteiger partial charge in [-0.1, -0.05) is 157 Å². The summed E-state index contributed by atoms with van der Waals surface area (Å²) in [5, 5.41) is 9.84. The zero-order valence-electron chi connectivity index (χ0n) is 35.9. The van der Waals surface area contributed by atoms with E-state index in [0.717, 1.165) is 38.5 Å². The predicted molar refractivity (Wildman–Crippen MR) is 232 cm³/mol. The number of esters is 1. The number of hydrogen-bond donors (Lipinski definition) is 1. The normalized spacial score (nSPS) is 15.1. The van der Waals surface area contributed by atoms with E-state index in [1.54, 1.807) is 12.3 Å². The van der Waals surface area contributed by atoms with Crippen LogP contribution in [0.4, 0.5) is 0 Å².